The van der Waals surface area contributed by atoms with Crippen LogP contribution >= 0.6 is 0 Å². The molecule has 2 heterocycles. The van der Waals surface area contributed by atoms with Gasteiger partial charge >= 0.3 is 0 Å². The number of aryl methyl sites for hydroxylation is 1. The van der Waals surface area contributed by atoms with Gasteiger partial charge in [-0.15, -0.1) is 0 Å². The molecule has 1 aliphatic heterocycles. The summed E-state index contributed by atoms with van der Waals surface area (Å²) in [4.78, 5) is 9.04. The first-order valence-corrected chi connectivity index (χ1v) is 7.15. The molecule has 0 amide bonds. The van der Waals surface area contributed by atoms with Gasteiger partial charge in [0.05, 0.1) is 6.10 Å². The number of nitrogens with one attached hydrogen (secondary N) is 2. The molecule has 1 saturated heterocycles. The Kier molecular flexibility index (Phi) is 4.96. The van der Waals surface area contributed by atoms with E-state index in [2.05, 4.69) is 27.5 Å². The highest BCUT2D eigenvalue weighted by Crippen LogP contribution is 2.21. The van der Waals surface area contributed by atoms with Crippen LogP contribution in [0, 0.1) is 6.92 Å². The second kappa shape index (κ2) is 6.70. The summed E-state index contributed by atoms with van der Waals surface area (Å²) in [6, 6.07) is 0. The molecular formula is C14H24N4O. The molecule has 1 aliphatic rings. The Labute approximate surface area is 115 Å². The molecule has 0 radical (unpaired) electrons. The molecule has 1 atom stereocenters. The van der Waals surface area contributed by atoms with E-state index in [0.717, 1.165) is 49.0 Å². The first-order chi connectivity index (χ1) is 9.24. The third-order valence-corrected chi connectivity index (χ3v) is 3.52. The van der Waals surface area contributed by atoms with E-state index < -0.39 is 0 Å². The lowest BCUT2D eigenvalue weighted by Crippen LogP contribution is -2.27. The van der Waals surface area contributed by atoms with Crippen LogP contribution < -0.4 is 10.6 Å². The third kappa shape index (κ3) is 3.56. The van der Waals surface area contributed by atoms with Crippen molar-refractivity contribution in [3.63, 3.8) is 0 Å². The smallest absolute Gasteiger partial charge is 0.134 e. The number of ether oxygens (including phenoxy) is 1. The van der Waals surface area contributed by atoms with Crippen LogP contribution in [-0.4, -0.2) is 36.3 Å². The van der Waals surface area contributed by atoms with Gasteiger partial charge in [0.15, 0.2) is 0 Å². The molecule has 0 aliphatic carbocycles. The van der Waals surface area contributed by atoms with Crippen LogP contribution in [0.2, 0.25) is 0 Å². The number of nitrogens with zero attached hydrogens (tertiary/aromatic N) is 2. The van der Waals surface area contributed by atoms with Crippen molar-refractivity contribution in [3.05, 3.63) is 11.4 Å². The Hall–Kier alpha value is -1.36. The highest BCUT2D eigenvalue weighted by atomic mass is 16.5. The lowest BCUT2D eigenvalue weighted by molar-refractivity contribution is 0.0247. The lowest BCUT2D eigenvalue weighted by atomic mass is 10.1. The summed E-state index contributed by atoms with van der Waals surface area (Å²) < 4.78 is 5.73. The molecule has 5 heteroatoms. The number of hydrogen-bond donors (Lipinski definition) is 2. The standard InChI is InChI=1S/C14H24N4O/c1-4-12-17-13(15-3)10(2)14(18-12)16-9-11-7-5-6-8-19-11/h11H,4-9H2,1-3H3,(H2,15,16,17,18). The molecule has 0 spiro atoms. The predicted molar refractivity (Wildman–Crippen MR) is 77.8 cm³/mol. The van der Waals surface area contributed by atoms with E-state index in [1.54, 1.807) is 0 Å². The van der Waals surface area contributed by atoms with E-state index in [9.17, 15) is 0 Å². The van der Waals surface area contributed by atoms with E-state index in [1.165, 1.54) is 12.8 Å². The summed E-state index contributed by atoms with van der Waals surface area (Å²) in [7, 11) is 1.89. The van der Waals surface area contributed by atoms with Crippen LogP contribution in [0.1, 0.15) is 37.6 Å². The molecular weight excluding hydrogens is 240 g/mol. The summed E-state index contributed by atoms with van der Waals surface area (Å²) in [5, 5.41) is 6.54. The molecule has 0 aromatic carbocycles. The molecule has 2 N–H and O–H groups in total. The second-order valence-corrected chi connectivity index (χ2v) is 4.94. The Balaban J connectivity index is 2.05. The quantitative estimate of drug-likeness (QED) is 0.855. The molecule has 106 valence electrons. The second-order valence-electron chi connectivity index (χ2n) is 4.94. The van der Waals surface area contributed by atoms with Crippen molar-refractivity contribution in [2.45, 2.75) is 45.6 Å². The van der Waals surface area contributed by atoms with E-state index in [1.807, 2.05) is 14.0 Å². The Morgan fingerprint density at radius 2 is 2.05 bits per heavy atom. The molecule has 1 unspecified atom stereocenters. The minimum atomic E-state index is 0.311. The van der Waals surface area contributed by atoms with Crippen LogP contribution in [0.25, 0.3) is 0 Å². The molecule has 1 fully saturated rings. The van der Waals surface area contributed by atoms with Crippen LogP contribution in [0.5, 0.6) is 0 Å². The fraction of sp³-hybridized carbons (Fsp3) is 0.714. The maximum Gasteiger partial charge on any atom is 0.134 e. The van der Waals surface area contributed by atoms with E-state index in [-0.39, 0.29) is 0 Å². The van der Waals surface area contributed by atoms with Gasteiger partial charge in [-0.2, -0.15) is 0 Å². The predicted octanol–water partition coefficient (Wildman–Crippen LogP) is 2.37. The van der Waals surface area contributed by atoms with E-state index >= 15 is 0 Å². The fourth-order valence-electron chi connectivity index (χ4n) is 2.32. The SMILES string of the molecule is CCc1nc(NC)c(C)c(NCC2CCCCO2)n1. The zero-order valence-corrected chi connectivity index (χ0v) is 12.1. The van der Waals surface area contributed by atoms with Crippen molar-refractivity contribution < 1.29 is 4.74 Å². The minimum Gasteiger partial charge on any atom is -0.376 e. The average molecular weight is 264 g/mol. The number of rotatable bonds is 5. The first kappa shape index (κ1) is 14.1. The van der Waals surface area contributed by atoms with Gasteiger partial charge in [-0.3, -0.25) is 0 Å². The molecule has 1 aromatic rings. The van der Waals surface area contributed by atoms with Crippen molar-refractivity contribution in [3.8, 4) is 0 Å². The van der Waals surface area contributed by atoms with Crippen LogP contribution in [0.3, 0.4) is 0 Å². The summed E-state index contributed by atoms with van der Waals surface area (Å²) in [6.45, 7) is 5.81. The fourth-order valence-corrected chi connectivity index (χ4v) is 2.32. The highest BCUT2D eigenvalue weighted by Gasteiger charge is 2.15. The summed E-state index contributed by atoms with van der Waals surface area (Å²) >= 11 is 0. The Morgan fingerprint density at radius 3 is 2.68 bits per heavy atom. The van der Waals surface area contributed by atoms with E-state index in [0.29, 0.717) is 6.10 Å². The average Bonchev–Trinajstić information content (AvgIpc) is 2.47. The summed E-state index contributed by atoms with van der Waals surface area (Å²) in [5.74, 6) is 2.69. The molecule has 2 rings (SSSR count). The molecule has 0 saturated carbocycles. The molecule has 5 nitrogen and oxygen atoms in total. The van der Waals surface area contributed by atoms with Crippen molar-refractivity contribution in [1.29, 1.82) is 0 Å². The maximum atomic E-state index is 5.73. The largest absolute Gasteiger partial charge is 0.376 e. The van der Waals surface area contributed by atoms with Gasteiger partial charge in [-0.25, -0.2) is 9.97 Å². The van der Waals surface area contributed by atoms with Crippen molar-refractivity contribution in [2.75, 3.05) is 30.8 Å². The van der Waals surface area contributed by atoms with Crippen molar-refractivity contribution in [2.24, 2.45) is 0 Å². The highest BCUT2D eigenvalue weighted by molar-refractivity contribution is 5.57. The van der Waals surface area contributed by atoms with E-state index in [4.69, 9.17) is 4.74 Å². The Morgan fingerprint density at radius 1 is 1.26 bits per heavy atom. The number of anilines is 2. The normalized spacial score (nSPS) is 19.2. The minimum absolute atomic E-state index is 0.311. The zero-order valence-electron chi connectivity index (χ0n) is 12.1. The topological polar surface area (TPSA) is 59.1 Å². The Bertz CT molecular complexity index is 416. The van der Waals surface area contributed by atoms with Gasteiger partial charge in [0, 0.05) is 32.2 Å². The molecule has 19 heavy (non-hydrogen) atoms. The zero-order chi connectivity index (χ0) is 13.7. The van der Waals surface area contributed by atoms with Gasteiger partial charge in [0.1, 0.15) is 17.5 Å². The maximum absolute atomic E-state index is 5.73. The number of aromatic nitrogens is 2. The molecule has 1 aromatic heterocycles. The van der Waals surface area contributed by atoms with Crippen molar-refractivity contribution in [1.82, 2.24) is 9.97 Å². The van der Waals surface area contributed by atoms with Gasteiger partial charge in [-0.05, 0) is 26.2 Å². The van der Waals surface area contributed by atoms with Crippen LogP contribution in [-0.2, 0) is 11.2 Å². The van der Waals surface area contributed by atoms with Crippen LogP contribution in [0.4, 0.5) is 11.6 Å². The monoisotopic (exact) mass is 264 g/mol. The van der Waals surface area contributed by atoms with Gasteiger partial charge in [0.2, 0.25) is 0 Å². The van der Waals surface area contributed by atoms with Gasteiger partial charge < -0.3 is 15.4 Å². The summed E-state index contributed by atoms with van der Waals surface area (Å²) in [6.07, 6.45) is 4.73. The lowest BCUT2D eigenvalue weighted by Gasteiger charge is -2.23. The van der Waals surface area contributed by atoms with Crippen LogP contribution in [0.15, 0.2) is 0 Å². The third-order valence-electron chi connectivity index (χ3n) is 3.52. The van der Waals surface area contributed by atoms with Crippen molar-refractivity contribution >= 4 is 11.6 Å². The molecule has 0 bridgehead atoms. The number of hydrogen-bond acceptors (Lipinski definition) is 5. The van der Waals surface area contributed by atoms with Gasteiger partial charge in [0.25, 0.3) is 0 Å². The first-order valence-electron chi connectivity index (χ1n) is 7.15. The van der Waals surface area contributed by atoms with Gasteiger partial charge in [-0.1, -0.05) is 6.92 Å². The summed E-state index contributed by atoms with van der Waals surface area (Å²) in [5.41, 5.74) is 1.07.